The van der Waals surface area contributed by atoms with Crippen molar-refractivity contribution >= 4 is 44.7 Å². The second-order valence-corrected chi connectivity index (χ2v) is 9.19. The molecule has 0 bridgehead atoms. The Balaban J connectivity index is 1.97. The molecular weight excluding hydrogens is 376 g/mol. The van der Waals surface area contributed by atoms with Gasteiger partial charge in [0.2, 0.25) is 15.9 Å². The van der Waals surface area contributed by atoms with Gasteiger partial charge in [-0.1, -0.05) is 26.0 Å². The summed E-state index contributed by atoms with van der Waals surface area (Å²) in [6.07, 6.45) is 0. The highest BCUT2D eigenvalue weighted by Crippen LogP contribution is 2.20. The van der Waals surface area contributed by atoms with Gasteiger partial charge in [-0.3, -0.25) is 4.79 Å². The zero-order chi connectivity index (χ0) is 18.3. The molecule has 8 heteroatoms. The molecule has 0 unspecified atom stereocenters. The first-order chi connectivity index (χ1) is 12.0. The maximum atomic E-state index is 12.5. The largest absolute Gasteiger partial charge is 0.325 e. The molecule has 0 radical (unpaired) electrons. The van der Waals surface area contributed by atoms with Crippen LogP contribution in [0.25, 0.3) is 0 Å². The molecule has 0 saturated heterocycles. The number of thiophene rings is 1. The fraction of sp³-hybridized carbons (Fsp3) is 0.353. The van der Waals surface area contributed by atoms with E-state index in [1.165, 1.54) is 27.0 Å². The van der Waals surface area contributed by atoms with Crippen LogP contribution in [0.3, 0.4) is 0 Å². The minimum Gasteiger partial charge on any atom is -0.325 e. The Hall–Kier alpha value is -1.35. The maximum Gasteiger partial charge on any atom is 0.243 e. The molecule has 25 heavy (non-hydrogen) atoms. The summed E-state index contributed by atoms with van der Waals surface area (Å²) in [4.78, 5) is 13.5. The monoisotopic (exact) mass is 398 g/mol. The fourth-order valence-corrected chi connectivity index (χ4v) is 5.46. The summed E-state index contributed by atoms with van der Waals surface area (Å²) < 4.78 is 26.5. The maximum absolute atomic E-state index is 12.5. The molecule has 0 aliphatic carbocycles. The normalized spacial score (nSPS) is 11.6. The molecular formula is C17H22N2O3S3. The van der Waals surface area contributed by atoms with Gasteiger partial charge in [-0.15, -0.1) is 23.1 Å². The molecule has 0 aliphatic rings. The number of hydrogen-bond acceptors (Lipinski definition) is 5. The molecule has 0 saturated carbocycles. The summed E-state index contributed by atoms with van der Waals surface area (Å²) >= 11 is 3.20. The molecule has 136 valence electrons. The number of sulfonamides is 1. The van der Waals surface area contributed by atoms with Crippen molar-refractivity contribution in [3.05, 3.63) is 46.7 Å². The Morgan fingerprint density at radius 2 is 1.96 bits per heavy atom. The Kier molecular flexibility index (Phi) is 7.49. The van der Waals surface area contributed by atoms with Crippen LogP contribution >= 0.6 is 23.1 Å². The Labute approximate surface area is 157 Å². The number of nitrogens with one attached hydrogen (secondary N) is 1. The summed E-state index contributed by atoms with van der Waals surface area (Å²) in [6.45, 7) is 4.43. The lowest BCUT2D eigenvalue weighted by Gasteiger charge is -2.18. The Morgan fingerprint density at radius 1 is 1.20 bits per heavy atom. The average Bonchev–Trinajstić information content (AvgIpc) is 3.09. The molecule has 1 N–H and O–H groups in total. The van der Waals surface area contributed by atoms with Gasteiger partial charge in [0.1, 0.15) is 0 Å². The fourth-order valence-electron chi connectivity index (χ4n) is 2.28. The molecule has 0 aliphatic heterocycles. The van der Waals surface area contributed by atoms with Crippen molar-refractivity contribution < 1.29 is 13.2 Å². The first kappa shape index (κ1) is 20.0. The van der Waals surface area contributed by atoms with E-state index >= 15 is 0 Å². The lowest BCUT2D eigenvalue weighted by Crippen LogP contribution is -2.30. The molecule has 5 nitrogen and oxygen atoms in total. The number of carbonyl (C=O) groups is 1. The van der Waals surface area contributed by atoms with Crippen molar-refractivity contribution in [2.45, 2.75) is 24.5 Å². The predicted octanol–water partition coefficient (Wildman–Crippen LogP) is 3.65. The van der Waals surface area contributed by atoms with Crippen LogP contribution in [-0.4, -0.2) is 37.5 Å². The summed E-state index contributed by atoms with van der Waals surface area (Å²) in [6, 6.07) is 10.4. The van der Waals surface area contributed by atoms with E-state index in [-0.39, 0.29) is 10.8 Å². The summed E-state index contributed by atoms with van der Waals surface area (Å²) in [5.74, 6) is 0.978. The highest BCUT2D eigenvalue weighted by atomic mass is 32.2. The molecule has 0 atom stereocenters. The van der Waals surface area contributed by atoms with Crippen LogP contribution in [0.5, 0.6) is 0 Å². The summed E-state index contributed by atoms with van der Waals surface area (Å²) in [5, 5.41) is 4.78. The molecule has 0 spiro atoms. The van der Waals surface area contributed by atoms with Crippen molar-refractivity contribution in [3.63, 3.8) is 0 Å². The van der Waals surface area contributed by atoms with Crippen molar-refractivity contribution in [1.29, 1.82) is 0 Å². The second-order valence-electron chi connectivity index (χ2n) is 5.24. The highest BCUT2D eigenvalue weighted by Gasteiger charge is 2.21. The van der Waals surface area contributed by atoms with Gasteiger partial charge in [0, 0.05) is 29.4 Å². The van der Waals surface area contributed by atoms with Crippen LogP contribution in [0.15, 0.2) is 46.7 Å². The Morgan fingerprint density at radius 3 is 2.60 bits per heavy atom. The van der Waals surface area contributed by atoms with Crippen LogP contribution in [0, 0.1) is 0 Å². The number of amides is 1. The van der Waals surface area contributed by atoms with E-state index in [9.17, 15) is 13.2 Å². The third-order valence-corrected chi connectivity index (χ3v) is 7.61. The van der Waals surface area contributed by atoms with Gasteiger partial charge in [0.15, 0.2) is 0 Å². The summed E-state index contributed by atoms with van der Waals surface area (Å²) in [7, 11) is -3.53. The number of nitrogens with zero attached hydrogens (tertiary/aromatic N) is 1. The number of hydrogen-bond donors (Lipinski definition) is 1. The van der Waals surface area contributed by atoms with Crippen molar-refractivity contribution in [3.8, 4) is 0 Å². The number of rotatable bonds is 9. The molecule has 1 aromatic heterocycles. The van der Waals surface area contributed by atoms with Gasteiger partial charge >= 0.3 is 0 Å². The van der Waals surface area contributed by atoms with E-state index in [1.54, 1.807) is 43.4 Å². The van der Waals surface area contributed by atoms with E-state index in [4.69, 9.17) is 0 Å². The lowest BCUT2D eigenvalue weighted by molar-refractivity contribution is -0.113. The van der Waals surface area contributed by atoms with Gasteiger partial charge in [-0.25, -0.2) is 8.42 Å². The molecule has 1 aromatic carbocycles. The molecule has 1 heterocycles. The van der Waals surface area contributed by atoms with E-state index in [2.05, 4.69) is 5.32 Å². The zero-order valence-corrected chi connectivity index (χ0v) is 16.7. The SMILES string of the molecule is CCN(CC)S(=O)(=O)c1cccc(NC(=O)CSCc2cccs2)c1. The van der Waals surface area contributed by atoms with E-state index in [1.807, 2.05) is 17.5 Å². The highest BCUT2D eigenvalue weighted by molar-refractivity contribution is 7.99. The number of anilines is 1. The number of benzene rings is 1. The van der Waals surface area contributed by atoms with Gasteiger partial charge in [0.05, 0.1) is 10.6 Å². The standard InChI is InChI=1S/C17H22N2O3S3/c1-3-19(4-2)25(21,22)16-9-5-7-14(11-16)18-17(20)13-23-12-15-8-6-10-24-15/h5-11H,3-4,12-13H2,1-2H3,(H,18,20). The average molecular weight is 399 g/mol. The van der Waals surface area contributed by atoms with E-state index in [0.29, 0.717) is 24.5 Å². The second kappa shape index (κ2) is 9.38. The number of thioether (sulfide) groups is 1. The van der Waals surface area contributed by atoms with E-state index < -0.39 is 10.0 Å². The summed E-state index contributed by atoms with van der Waals surface area (Å²) in [5.41, 5.74) is 0.495. The number of carbonyl (C=O) groups excluding carboxylic acids is 1. The zero-order valence-electron chi connectivity index (χ0n) is 14.3. The van der Waals surface area contributed by atoms with Crippen molar-refractivity contribution in [2.75, 3.05) is 24.2 Å². The van der Waals surface area contributed by atoms with Crippen LogP contribution < -0.4 is 5.32 Å². The van der Waals surface area contributed by atoms with E-state index in [0.717, 1.165) is 5.75 Å². The van der Waals surface area contributed by atoms with Crippen LogP contribution in [0.4, 0.5) is 5.69 Å². The third-order valence-electron chi connectivity index (χ3n) is 3.52. The van der Waals surface area contributed by atoms with Gasteiger partial charge < -0.3 is 5.32 Å². The van der Waals surface area contributed by atoms with Gasteiger partial charge in [-0.2, -0.15) is 4.31 Å². The molecule has 0 fully saturated rings. The predicted molar refractivity (Wildman–Crippen MR) is 106 cm³/mol. The van der Waals surface area contributed by atoms with Crippen LogP contribution in [0.1, 0.15) is 18.7 Å². The topological polar surface area (TPSA) is 66.5 Å². The molecule has 1 amide bonds. The van der Waals surface area contributed by atoms with Gasteiger partial charge in [-0.05, 0) is 29.6 Å². The third kappa shape index (κ3) is 5.57. The van der Waals surface area contributed by atoms with Crippen LogP contribution in [-0.2, 0) is 20.6 Å². The van der Waals surface area contributed by atoms with Crippen molar-refractivity contribution in [1.82, 2.24) is 4.31 Å². The first-order valence-corrected chi connectivity index (χ1v) is 11.4. The molecule has 2 rings (SSSR count). The minimum absolute atomic E-state index is 0.140. The molecule has 2 aromatic rings. The smallest absolute Gasteiger partial charge is 0.243 e. The Bertz CT molecular complexity index is 785. The minimum atomic E-state index is -3.53. The lowest BCUT2D eigenvalue weighted by atomic mass is 10.3. The van der Waals surface area contributed by atoms with Crippen molar-refractivity contribution in [2.24, 2.45) is 0 Å². The van der Waals surface area contributed by atoms with Gasteiger partial charge in [0.25, 0.3) is 0 Å². The quantitative estimate of drug-likeness (QED) is 0.700. The first-order valence-electron chi connectivity index (χ1n) is 7.97. The van der Waals surface area contributed by atoms with Crippen LogP contribution in [0.2, 0.25) is 0 Å².